The number of anilines is 6. The van der Waals surface area contributed by atoms with Crippen LogP contribution in [0.25, 0.3) is 44.2 Å². The standard InChI is InChI=1S/C60H55BN2O/c1-58(2,3)41-27-33-50-49(34-41)61-48-32-26-42(59(4,5)6)35-51(48)63(45-30-24-40(25-31-45)46-19-15-21-55-56(46)47-18-13-14-20-54(47)64-55)53-37-43(60(7,8)9)36-52(57(53)61)62(50)44-28-22-39(23-29-44)38-16-11-10-12-17-38/h10-37H,1-9H3. The van der Waals surface area contributed by atoms with Crippen molar-refractivity contribution in [2.75, 3.05) is 9.80 Å². The molecule has 0 fully saturated rings. The van der Waals surface area contributed by atoms with Crippen molar-refractivity contribution in [2.45, 2.75) is 78.6 Å². The van der Waals surface area contributed by atoms with E-state index >= 15 is 0 Å². The van der Waals surface area contributed by atoms with E-state index in [-0.39, 0.29) is 23.0 Å². The fourth-order valence-corrected chi connectivity index (χ4v) is 10.2. The predicted molar refractivity (Wildman–Crippen MR) is 275 cm³/mol. The van der Waals surface area contributed by atoms with Crippen LogP contribution in [0.2, 0.25) is 0 Å². The van der Waals surface area contributed by atoms with Crippen molar-refractivity contribution in [3.8, 4) is 22.3 Å². The highest BCUT2D eigenvalue weighted by Gasteiger charge is 2.45. The first kappa shape index (κ1) is 40.0. The second-order valence-corrected chi connectivity index (χ2v) is 21.1. The number of nitrogens with zero attached hydrogens (tertiary/aromatic N) is 2. The van der Waals surface area contributed by atoms with Crippen molar-refractivity contribution in [3.05, 3.63) is 187 Å². The molecular weight excluding hydrogens is 775 g/mol. The third-order valence-corrected chi connectivity index (χ3v) is 13.7. The normalized spacial score (nSPS) is 13.6. The molecule has 314 valence electrons. The van der Waals surface area contributed by atoms with Crippen LogP contribution in [0.3, 0.4) is 0 Å². The summed E-state index contributed by atoms with van der Waals surface area (Å²) in [5, 5.41) is 2.30. The maximum atomic E-state index is 6.33. The number of hydrogen-bond donors (Lipinski definition) is 0. The molecule has 11 rings (SSSR count). The summed E-state index contributed by atoms with van der Waals surface area (Å²) in [6.07, 6.45) is 0. The Morgan fingerprint density at radius 2 is 0.922 bits per heavy atom. The number of rotatable bonds is 4. The van der Waals surface area contributed by atoms with Gasteiger partial charge in [-0.15, -0.1) is 0 Å². The Morgan fingerprint density at radius 1 is 0.391 bits per heavy atom. The molecule has 3 nitrogen and oxygen atoms in total. The van der Waals surface area contributed by atoms with Crippen LogP contribution in [0.4, 0.5) is 34.1 Å². The van der Waals surface area contributed by atoms with Gasteiger partial charge in [0.05, 0.1) is 0 Å². The van der Waals surface area contributed by atoms with Crippen molar-refractivity contribution >= 4 is 79.2 Å². The van der Waals surface area contributed by atoms with Crippen molar-refractivity contribution < 1.29 is 4.42 Å². The van der Waals surface area contributed by atoms with Crippen LogP contribution in [0, 0.1) is 0 Å². The molecule has 2 aliphatic rings. The van der Waals surface area contributed by atoms with E-state index in [4.69, 9.17) is 4.42 Å². The number of furan rings is 1. The highest BCUT2D eigenvalue weighted by Crippen LogP contribution is 2.48. The summed E-state index contributed by atoms with van der Waals surface area (Å²) in [6, 6.07) is 63.5. The molecule has 0 aliphatic carbocycles. The van der Waals surface area contributed by atoms with Gasteiger partial charge in [-0.2, -0.15) is 0 Å². The van der Waals surface area contributed by atoms with E-state index in [2.05, 4.69) is 236 Å². The Labute approximate surface area is 379 Å². The summed E-state index contributed by atoms with van der Waals surface area (Å²) in [6.45, 7) is 21.0. The Bertz CT molecular complexity index is 3270. The van der Waals surface area contributed by atoms with Crippen LogP contribution in [-0.2, 0) is 16.2 Å². The molecule has 0 spiro atoms. The molecular formula is C60H55BN2O. The van der Waals surface area contributed by atoms with E-state index in [9.17, 15) is 0 Å². The Balaban J connectivity index is 1.17. The first-order chi connectivity index (χ1) is 30.6. The van der Waals surface area contributed by atoms with Crippen molar-refractivity contribution in [1.29, 1.82) is 0 Å². The maximum absolute atomic E-state index is 6.33. The molecule has 0 saturated carbocycles. The van der Waals surface area contributed by atoms with E-state index in [0.717, 1.165) is 33.3 Å². The van der Waals surface area contributed by atoms with E-state index in [1.165, 1.54) is 78.1 Å². The van der Waals surface area contributed by atoms with Gasteiger partial charge in [0, 0.05) is 44.9 Å². The first-order valence-electron chi connectivity index (χ1n) is 22.9. The lowest BCUT2D eigenvalue weighted by Gasteiger charge is -2.45. The summed E-state index contributed by atoms with van der Waals surface area (Å²) in [7, 11) is 0. The van der Waals surface area contributed by atoms with Crippen molar-refractivity contribution in [3.63, 3.8) is 0 Å². The first-order valence-corrected chi connectivity index (χ1v) is 22.9. The van der Waals surface area contributed by atoms with Crippen LogP contribution < -0.4 is 26.2 Å². The largest absolute Gasteiger partial charge is 0.456 e. The second kappa shape index (κ2) is 14.4. The van der Waals surface area contributed by atoms with Crippen molar-refractivity contribution in [1.82, 2.24) is 0 Å². The molecule has 0 unspecified atom stereocenters. The van der Waals surface area contributed by atoms with E-state index in [1.807, 2.05) is 6.07 Å². The highest BCUT2D eigenvalue weighted by atomic mass is 16.3. The molecule has 0 bridgehead atoms. The minimum Gasteiger partial charge on any atom is -0.456 e. The molecule has 9 aromatic rings. The lowest BCUT2D eigenvalue weighted by atomic mass is 9.33. The van der Waals surface area contributed by atoms with E-state index < -0.39 is 0 Å². The van der Waals surface area contributed by atoms with Gasteiger partial charge >= 0.3 is 0 Å². The van der Waals surface area contributed by atoms with Gasteiger partial charge in [0.2, 0.25) is 0 Å². The summed E-state index contributed by atoms with van der Waals surface area (Å²) < 4.78 is 6.33. The predicted octanol–water partition coefficient (Wildman–Crippen LogP) is 14.9. The fourth-order valence-electron chi connectivity index (χ4n) is 10.2. The molecule has 8 aromatic carbocycles. The zero-order chi connectivity index (χ0) is 44.3. The maximum Gasteiger partial charge on any atom is 0.252 e. The van der Waals surface area contributed by atoms with E-state index in [0.29, 0.717) is 0 Å². The summed E-state index contributed by atoms with van der Waals surface area (Å²) in [4.78, 5) is 5.12. The van der Waals surface area contributed by atoms with Gasteiger partial charge in [0.25, 0.3) is 6.71 Å². The number of benzene rings is 8. The minimum absolute atomic E-state index is 0.0230. The summed E-state index contributed by atoms with van der Waals surface area (Å²) in [5.74, 6) is 0. The fraction of sp³-hybridized carbons (Fsp3) is 0.200. The van der Waals surface area contributed by atoms with Crippen LogP contribution in [0.1, 0.15) is 79.0 Å². The Hall–Kier alpha value is -6.78. The topological polar surface area (TPSA) is 19.6 Å². The molecule has 64 heavy (non-hydrogen) atoms. The van der Waals surface area contributed by atoms with Gasteiger partial charge in [0.1, 0.15) is 11.2 Å². The average Bonchev–Trinajstić information content (AvgIpc) is 3.67. The zero-order valence-corrected chi connectivity index (χ0v) is 38.5. The molecule has 0 amide bonds. The lowest BCUT2D eigenvalue weighted by Crippen LogP contribution is -2.61. The van der Waals surface area contributed by atoms with Crippen LogP contribution in [0.5, 0.6) is 0 Å². The number of para-hydroxylation sites is 1. The molecule has 3 heterocycles. The number of fused-ring (bicyclic) bond motifs is 7. The van der Waals surface area contributed by atoms with Crippen molar-refractivity contribution in [2.24, 2.45) is 0 Å². The lowest BCUT2D eigenvalue weighted by molar-refractivity contribution is 0.589. The van der Waals surface area contributed by atoms with Gasteiger partial charge in [-0.1, -0.05) is 172 Å². The third-order valence-electron chi connectivity index (χ3n) is 13.7. The molecule has 0 saturated heterocycles. The molecule has 0 atom stereocenters. The Kier molecular flexibility index (Phi) is 8.99. The molecule has 1 aromatic heterocycles. The average molecular weight is 831 g/mol. The molecule has 0 radical (unpaired) electrons. The third kappa shape index (κ3) is 6.49. The Morgan fingerprint density at radius 3 is 1.58 bits per heavy atom. The molecule has 2 aliphatic heterocycles. The monoisotopic (exact) mass is 830 g/mol. The van der Waals surface area contributed by atoms with Gasteiger partial charge in [-0.3, -0.25) is 0 Å². The van der Waals surface area contributed by atoms with Gasteiger partial charge in [-0.05, 0) is 132 Å². The second-order valence-electron chi connectivity index (χ2n) is 21.1. The minimum atomic E-state index is -0.116. The smallest absolute Gasteiger partial charge is 0.252 e. The zero-order valence-electron chi connectivity index (χ0n) is 38.5. The van der Waals surface area contributed by atoms with Gasteiger partial charge in [0.15, 0.2) is 0 Å². The summed E-state index contributed by atoms with van der Waals surface area (Å²) >= 11 is 0. The molecule has 0 N–H and O–H groups in total. The quantitative estimate of drug-likeness (QED) is 0.165. The highest BCUT2D eigenvalue weighted by molar-refractivity contribution is 7.00. The SMILES string of the molecule is CC(C)(C)c1ccc2c(c1)B1c3ccc(C(C)(C)C)cc3N(c3ccc(-c4cccc5oc6ccccc6c45)cc3)c3cc(C(C)(C)C)cc(c31)N2c1ccc(-c2ccccc2)cc1. The molecule has 4 heteroatoms. The van der Waals surface area contributed by atoms with Crippen LogP contribution in [0.15, 0.2) is 174 Å². The van der Waals surface area contributed by atoms with E-state index in [1.54, 1.807) is 0 Å². The summed E-state index contributed by atoms with van der Waals surface area (Å²) in [5.41, 5.74) is 21.6. The number of hydrogen-bond acceptors (Lipinski definition) is 3. The van der Waals surface area contributed by atoms with Crippen LogP contribution in [-0.4, -0.2) is 6.71 Å². The van der Waals surface area contributed by atoms with Gasteiger partial charge < -0.3 is 14.2 Å². The van der Waals surface area contributed by atoms with Crippen LogP contribution >= 0.6 is 0 Å². The van der Waals surface area contributed by atoms with Gasteiger partial charge in [-0.25, -0.2) is 0 Å².